The number of hydrogen-bond donors (Lipinski definition) is 4. The quantitative estimate of drug-likeness (QED) is 0.254. The highest BCUT2D eigenvalue weighted by atomic mass is 19.1. The van der Waals surface area contributed by atoms with E-state index in [1.807, 2.05) is 30.3 Å². The van der Waals surface area contributed by atoms with Crippen LogP contribution >= 0.6 is 0 Å². The molecule has 0 aliphatic heterocycles. The number of nitrogens with one attached hydrogen (secondary N) is 2. The molecule has 0 aliphatic rings. The number of aliphatic hydroxyl groups excluding tert-OH is 1. The standard InChI is InChI=1S/C22H24FN3O3/c23-19-6-7-21-18(13-19)14-20(24-21)9-10-26(11-12-27)15-17-3-1-16(2-4-17)5-8-22(28)25-29/h1-8,13-14,24,27,29H,9-12,15H2,(H,25,28). The Bertz CT molecular complexity index is 983. The zero-order chi connectivity index (χ0) is 20.6. The van der Waals surface area contributed by atoms with Gasteiger partial charge in [-0.15, -0.1) is 0 Å². The van der Waals surface area contributed by atoms with E-state index >= 15 is 0 Å². The van der Waals surface area contributed by atoms with E-state index in [0.717, 1.165) is 40.7 Å². The molecule has 0 unspecified atom stereocenters. The lowest BCUT2D eigenvalue weighted by atomic mass is 10.1. The number of hydrogen-bond acceptors (Lipinski definition) is 4. The van der Waals surface area contributed by atoms with E-state index in [1.165, 1.54) is 18.2 Å². The number of H-pyrrole nitrogens is 1. The highest BCUT2D eigenvalue weighted by Crippen LogP contribution is 2.17. The predicted molar refractivity (Wildman–Crippen MR) is 110 cm³/mol. The number of benzene rings is 2. The number of carbonyl (C=O) groups is 1. The number of carbonyl (C=O) groups excluding carboxylic acids is 1. The molecule has 0 spiro atoms. The van der Waals surface area contributed by atoms with Gasteiger partial charge in [0, 0.05) is 48.7 Å². The van der Waals surface area contributed by atoms with Crippen molar-refractivity contribution in [1.29, 1.82) is 0 Å². The Morgan fingerprint density at radius 3 is 2.66 bits per heavy atom. The summed E-state index contributed by atoms with van der Waals surface area (Å²) in [5, 5.41) is 18.7. The fourth-order valence-electron chi connectivity index (χ4n) is 3.19. The van der Waals surface area contributed by atoms with Crippen molar-refractivity contribution in [3.63, 3.8) is 0 Å². The van der Waals surface area contributed by atoms with Crippen LogP contribution in [0, 0.1) is 5.82 Å². The van der Waals surface area contributed by atoms with Gasteiger partial charge in [-0.05, 0) is 41.5 Å². The number of amides is 1. The third kappa shape index (κ3) is 5.99. The number of fused-ring (bicyclic) bond motifs is 1. The van der Waals surface area contributed by atoms with Crippen molar-refractivity contribution < 1.29 is 19.5 Å². The number of halogens is 1. The smallest absolute Gasteiger partial charge is 0.267 e. The van der Waals surface area contributed by atoms with Gasteiger partial charge in [-0.3, -0.25) is 14.9 Å². The van der Waals surface area contributed by atoms with Crippen LogP contribution in [0.2, 0.25) is 0 Å². The minimum atomic E-state index is -0.581. The lowest BCUT2D eigenvalue weighted by Gasteiger charge is -2.21. The Morgan fingerprint density at radius 1 is 1.14 bits per heavy atom. The molecule has 2 aromatic carbocycles. The Balaban J connectivity index is 1.60. The molecule has 152 valence electrons. The Hall–Kier alpha value is -3.00. The first-order chi connectivity index (χ1) is 14.1. The number of aromatic amines is 1. The van der Waals surface area contributed by atoms with Crippen molar-refractivity contribution in [1.82, 2.24) is 15.4 Å². The molecule has 3 aromatic rings. The Labute approximate surface area is 168 Å². The molecule has 29 heavy (non-hydrogen) atoms. The minimum absolute atomic E-state index is 0.0645. The van der Waals surface area contributed by atoms with Crippen molar-refractivity contribution in [3.05, 3.63) is 77.2 Å². The van der Waals surface area contributed by atoms with Crippen molar-refractivity contribution in [3.8, 4) is 0 Å². The maximum absolute atomic E-state index is 13.4. The summed E-state index contributed by atoms with van der Waals surface area (Å²) in [6, 6.07) is 14.4. The topological polar surface area (TPSA) is 88.6 Å². The Kier molecular flexibility index (Phi) is 7.13. The first kappa shape index (κ1) is 20.7. The van der Waals surface area contributed by atoms with E-state index in [9.17, 15) is 14.3 Å². The van der Waals surface area contributed by atoms with Gasteiger partial charge >= 0.3 is 0 Å². The molecule has 0 saturated heterocycles. The van der Waals surface area contributed by atoms with Gasteiger partial charge in [0.05, 0.1) is 6.61 Å². The molecular weight excluding hydrogens is 373 g/mol. The first-order valence-corrected chi connectivity index (χ1v) is 9.39. The summed E-state index contributed by atoms with van der Waals surface area (Å²) in [5.41, 5.74) is 5.41. The monoisotopic (exact) mass is 397 g/mol. The van der Waals surface area contributed by atoms with Gasteiger partial charge < -0.3 is 10.1 Å². The van der Waals surface area contributed by atoms with E-state index in [-0.39, 0.29) is 12.4 Å². The zero-order valence-electron chi connectivity index (χ0n) is 15.9. The summed E-state index contributed by atoms with van der Waals surface area (Å²) in [7, 11) is 0. The summed E-state index contributed by atoms with van der Waals surface area (Å²) in [5.74, 6) is -0.830. The van der Waals surface area contributed by atoms with Crippen LogP contribution in [0.15, 0.2) is 54.6 Å². The van der Waals surface area contributed by atoms with Crippen molar-refractivity contribution in [2.75, 3.05) is 19.7 Å². The minimum Gasteiger partial charge on any atom is -0.395 e. The van der Waals surface area contributed by atoms with Gasteiger partial charge in [-0.2, -0.15) is 0 Å². The summed E-state index contributed by atoms with van der Waals surface area (Å²) < 4.78 is 13.4. The summed E-state index contributed by atoms with van der Waals surface area (Å²) in [4.78, 5) is 16.5. The van der Waals surface area contributed by atoms with Crippen LogP contribution in [0.25, 0.3) is 17.0 Å². The first-order valence-electron chi connectivity index (χ1n) is 9.39. The van der Waals surface area contributed by atoms with Crippen LogP contribution in [-0.4, -0.2) is 45.8 Å². The van der Waals surface area contributed by atoms with Crippen LogP contribution in [0.4, 0.5) is 4.39 Å². The second-order valence-corrected chi connectivity index (χ2v) is 6.83. The lowest BCUT2D eigenvalue weighted by molar-refractivity contribution is -0.124. The van der Waals surface area contributed by atoms with Crippen molar-refractivity contribution in [2.24, 2.45) is 0 Å². The molecule has 0 aliphatic carbocycles. The van der Waals surface area contributed by atoms with Gasteiger partial charge in [0.1, 0.15) is 5.82 Å². The van der Waals surface area contributed by atoms with Crippen LogP contribution in [0.3, 0.4) is 0 Å². The molecule has 1 heterocycles. The van der Waals surface area contributed by atoms with E-state index in [0.29, 0.717) is 13.1 Å². The van der Waals surface area contributed by atoms with E-state index < -0.39 is 5.91 Å². The maximum atomic E-state index is 13.4. The van der Waals surface area contributed by atoms with Gasteiger partial charge in [-0.25, -0.2) is 9.87 Å². The molecule has 0 fully saturated rings. The zero-order valence-corrected chi connectivity index (χ0v) is 15.9. The van der Waals surface area contributed by atoms with Crippen LogP contribution in [0.1, 0.15) is 16.8 Å². The van der Waals surface area contributed by atoms with Crippen molar-refractivity contribution >= 4 is 22.9 Å². The molecule has 0 saturated carbocycles. The van der Waals surface area contributed by atoms with Crippen LogP contribution < -0.4 is 5.48 Å². The molecule has 0 atom stereocenters. The summed E-state index contributed by atoms with van der Waals surface area (Å²) in [6.45, 7) is 2.03. The second-order valence-electron chi connectivity index (χ2n) is 6.83. The molecule has 6 nitrogen and oxygen atoms in total. The third-order valence-electron chi connectivity index (χ3n) is 4.68. The average Bonchev–Trinajstić information content (AvgIpc) is 3.13. The van der Waals surface area contributed by atoms with Gasteiger partial charge in [-0.1, -0.05) is 24.3 Å². The maximum Gasteiger partial charge on any atom is 0.267 e. The highest BCUT2D eigenvalue weighted by molar-refractivity contribution is 5.90. The summed E-state index contributed by atoms with van der Waals surface area (Å²) >= 11 is 0. The number of nitrogens with zero attached hydrogens (tertiary/aromatic N) is 1. The van der Waals surface area contributed by atoms with E-state index in [1.54, 1.807) is 17.6 Å². The molecule has 4 N–H and O–H groups in total. The number of aliphatic hydroxyl groups is 1. The largest absolute Gasteiger partial charge is 0.395 e. The van der Waals surface area contributed by atoms with Gasteiger partial charge in [0.25, 0.3) is 5.91 Å². The van der Waals surface area contributed by atoms with Crippen LogP contribution in [-0.2, 0) is 17.8 Å². The molecule has 0 bridgehead atoms. The second kappa shape index (κ2) is 9.97. The lowest BCUT2D eigenvalue weighted by Crippen LogP contribution is -2.28. The highest BCUT2D eigenvalue weighted by Gasteiger charge is 2.08. The predicted octanol–water partition coefficient (Wildman–Crippen LogP) is 2.86. The number of hydroxylamine groups is 1. The molecule has 3 rings (SSSR count). The number of aromatic nitrogens is 1. The fourth-order valence-corrected chi connectivity index (χ4v) is 3.19. The molecular formula is C22H24FN3O3. The number of rotatable bonds is 9. The summed E-state index contributed by atoms with van der Waals surface area (Å²) in [6.07, 6.45) is 3.62. The molecule has 0 radical (unpaired) electrons. The van der Waals surface area contributed by atoms with Gasteiger partial charge in [0.2, 0.25) is 0 Å². The average molecular weight is 397 g/mol. The molecule has 1 aromatic heterocycles. The van der Waals surface area contributed by atoms with Crippen LogP contribution in [0.5, 0.6) is 0 Å². The molecule has 7 heteroatoms. The Morgan fingerprint density at radius 2 is 1.93 bits per heavy atom. The van der Waals surface area contributed by atoms with E-state index in [2.05, 4.69) is 9.88 Å². The SMILES string of the molecule is O=C(C=Cc1ccc(CN(CCO)CCc2cc3cc(F)ccc3[nH]2)cc1)NO. The van der Waals surface area contributed by atoms with Gasteiger partial charge in [0.15, 0.2) is 0 Å². The normalized spacial score (nSPS) is 11.6. The fraction of sp³-hybridized carbons (Fsp3) is 0.227. The van der Waals surface area contributed by atoms with E-state index in [4.69, 9.17) is 5.21 Å². The molecule has 1 amide bonds. The third-order valence-corrected chi connectivity index (χ3v) is 4.68. The van der Waals surface area contributed by atoms with Crippen molar-refractivity contribution in [2.45, 2.75) is 13.0 Å².